The van der Waals surface area contributed by atoms with Crippen LogP contribution in [0.2, 0.25) is 0 Å². The summed E-state index contributed by atoms with van der Waals surface area (Å²) in [4.78, 5) is 14.1. The second-order valence-corrected chi connectivity index (χ2v) is 5.94. The van der Waals surface area contributed by atoms with E-state index in [9.17, 15) is 22.4 Å². The standard InChI is InChI=1S/C16H20F4N2O2/c17-14-8-12(7-13(9-14)16(18,19)20)15(24)21-10-11-1-3-22(4-2-11)5-6-23/h7-9,11,23H,1-6,10H2,(H,21,24). The molecule has 0 radical (unpaired) electrons. The van der Waals surface area contributed by atoms with Gasteiger partial charge in [-0.15, -0.1) is 0 Å². The molecule has 1 aliphatic rings. The van der Waals surface area contributed by atoms with Crippen LogP contribution in [0.5, 0.6) is 0 Å². The van der Waals surface area contributed by atoms with Gasteiger partial charge in [0.05, 0.1) is 12.2 Å². The maximum absolute atomic E-state index is 13.3. The Bertz CT molecular complexity index is 570. The van der Waals surface area contributed by atoms with Crippen molar-refractivity contribution in [1.29, 1.82) is 0 Å². The van der Waals surface area contributed by atoms with Crippen molar-refractivity contribution in [2.24, 2.45) is 5.92 Å². The third-order valence-corrected chi connectivity index (χ3v) is 4.16. The van der Waals surface area contributed by atoms with Crippen LogP contribution in [0.4, 0.5) is 17.6 Å². The fraction of sp³-hybridized carbons (Fsp3) is 0.562. The first-order chi connectivity index (χ1) is 11.3. The number of likely N-dealkylation sites (tertiary alicyclic amines) is 1. The van der Waals surface area contributed by atoms with Crippen LogP contribution in [0.25, 0.3) is 0 Å². The summed E-state index contributed by atoms with van der Waals surface area (Å²) in [6.07, 6.45) is -3.04. The van der Waals surface area contributed by atoms with E-state index in [0.29, 0.717) is 25.2 Å². The third kappa shape index (κ3) is 5.17. The van der Waals surface area contributed by atoms with E-state index in [1.54, 1.807) is 0 Å². The molecule has 1 aromatic rings. The maximum atomic E-state index is 13.3. The minimum absolute atomic E-state index is 0.0997. The van der Waals surface area contributed by atoms with Crippen molar-refractivity contribution in [3.05, 3.63) is 35.1 Å². The number of rotatable bonds is 5. The van der Waals surface area contributed by atoms with Gasteiger partial charge in [-0.1, -0.05) is 0 Å². The van der Waals surface area contributed by atoms with Gasteiger partial charge in [-0.2, -0.15) is 13.2 Å². The number of alkyl halides is 3. The zero-order valence-electron chi connectivity index (χ0n) is 13.1. The van der Waals surface area contributed by atoms with E-state index in [1.165, 1.54) is 0 Å². The van der Waals surface area contributed by atoms with E-state index in [-0.39, 0.29) is 18.1 Å². The van der Waals surface area contributed by atoms with E-state index in [4.69, 9.17) is 5.11 Å². The molecule has 0 unspecified atom stereocenters. The first kappa shape index (κ1) is 18.7. The molecule has 4 nitrogen and oxygen atoms in total. The fourth-order valence-electron chi connectivity index (χ4n) is 2.78. The number of aliphatic hydroxyl groups is 1. The summed E-state index contributed by atoms with van der Waals surface area (Å²) in [7, 11) is 0. The molecule has 0 aliphatic carbocycles. The number of carbonyl (C=O) groups excluding carboxylic acids is 1. The number of halogens is 4. The van der Waals surface area contributed by atoms with Gasteiger partial charge in [-0.05, 0) is 50.0 Å². The summed E-state index contributed by atoms with van der Waals surface area (Å²) in [6.45, 7) is 2.66. The quantitative estimate of drug-likeness (QED) is 0.803. The summed E-state index contributed by atoms with van der Waals surface area (Å²) >= 11 is 0. The predicted molar refractivity (Wildman–Crippen MR) is 80.0 cm³/mol. The van der Waals surface area contributed by atoms with Gasteiger partial charge in [0.25, 0.3) is 5.91 Å². The van der Waals surface area contributed by atoms with Gasteiger partial charge >= 0.3 is 6.18 Å². The van der Waals surface area contributed by atoms with E-state index in [1.807, 2.05) is 0 Å². The molecule has 1 aliphatic heterocycles. The van der Waals surface area contributed by atoms with E-state index in [0.717, 1.165) is 32.0 Å². The molecule has 1 amide bonds. The third-order valence-electron chi connectivity index (χ3n) is 4.16. The number of benzene rings is 1. The fourth-order valence-corrected chi connectivity index (χ4v) is 2.78. The number of hydrogen-bond acceptors (Lipinski definition) is 3. The lowest BCUT2D eigenvalue weighted by atomic mass is 9.96. The van der Waals surface area contributed by atoms with E-state index < -0.39 is 23.5 Å². The van der Waals surface area contributed by atoms with Gasteiger partial charge in [0.2, 0.25) is 0 Å². The van der Waals surface area contributed by atoms with Crippen LogP contribution in [0.3, 0.4) is 0 Å². The van der Waals surface area contributed by atoms with Crippen LogP contribution in [0.15, 0.2) is 18.2 Å². The molecule has 24 heavy (non-hydrogen) atoms. The van der Waals surface area contributed by atoms with Crippen LogP contribution in [0.1, 0.15) is 28.8 Å². The summed E-state index contributed by atoms with van der Waals surface area (Å²) in [5, 5.41) is 11.5. The number of aliphatic hydroxyl groups excluding tert-OH is 1. The molecule has 1 aromatic carbocycles. The van der Waals surface area contributed by atoms with Crippen LogP contribution in [0, 0.1) is 11.7 Å². The van der Waals surface area contributed by atoms with Crippen LogP contribution >= 0.6 is 0 Å². The smallest absolute Gasteiger partial charge is 0.395 e. The molecular formula is C16H20F4N2O2. The van der Waals surface area contributed by atoms with Crippen LogP contribution in [-0.2, 0) is 6.18 Å². The predicted octanol–water partition coefficient (Wildman–Crippen LogP) is 2.28. The summed E-state index contributed by atoms with van der Waals surface area (Å²) in [5.74, 6) is -1.58. The summed E-state index contributed by atoms with van der Waals surface area (Å²) in [6, 6.07) is 1.82. The first-order valence-electron chi connectivity index (χ1n) is 7.79. The molecule has 8 heteroatoms. The summed E-state index contributed by atoms with van der Waals surface area (Å²) < 4.78 is 51.3. The molecule has 0 bridgehead atoms. The van der Waals surface area contributed by atoms with Gasteiger partial charge in [-0.3, -0.25) is 4.79 Å². The molecule has 0 spiro atoms. The van der Waals surface area contributed by atoms with Gasteiger partial charge in [0.15, 0.2) is 0 Å². The van der Waals surface area contributed by atoms with E-state index >= 15 is 0 Å². The minimum atomic E-state index is -4.70. The van der Waals surface area contributed by atoms with Crippen molar-refractivity contribution < 1.29 is 27.5 Å². The van der Waals surface area contributed by atoms with Crippen molar-refractivity contribution in [3.63, 3.8) is 0 Å². The van der Waals surface area contributed by atoms with Crippen molar-refractivity contribution in [3.8, 4) is 0 Å². The Kier molecular flexibility index (Phi) is 6.17. The molecule has 2 rings (SSSR count). The molecule has 2 N–H and O–H groups in total. The lowest BCUT2D eigenvalue weighted by Gasteiger charge is -2.31. The number of nitrogens with one attached hydrogen (secondary N) is 1. The highest BCUT2D eigenvalue weighted by molar-refractivity contribution is 5.94. The zero-order chi connectivity index (χ0) is 17.7. The highest BCUT2D eigenvalue weighted by Crippen LogP contribution is 2.30. The number of amides is 1. The lowest BCUT2D eigenvalue weighted by molar-refractivity contribution is -0.137. The topological polar surface area (TPSA) is 52.6 Å². The lowest BCUT2D eigenvalue weighted by Crippen LogP contribution is -2.39. The van der Waals surface area contributed by atoms with Crippen molar-refractivity contribution in [2.75, 3.05) is 32.8 Å². The Labute approximate surface area is 137 Å². The van der Waals surface area contributed by atoms with Gasteiger partial charge in [-0.25, -0.2) is 4.39 Å². The SMILES string of the molecule is O=C(NCC1CCN(CCO)CC1)c1cc(F)cc(C(F)(F)F)c1. The Morgan fingerprint density at radius 2 is 1.92 bits per heavy atom. The number of nitrogens with zero attached hydrogens (tertiary/aromatic N) is 1. The molecule has 0 saturated carbocycles. The summed E-state index contributed by atoms with van der Waals surface area (Å²) in [5.41, 5.74) is -1.51. The molecule has 0 atom stereocenters. The van der Waals surface area contributed by atoms with Gasteiger partial charge in [0, 0.05) is 18.7 Å². The van der Waals surface area contributed by atoms with Crippen LogP contribution in [-0.4, -0.2) is 48.7 Å². The Balaban J connectivity index is 1.90. The van der Waals surface area contributed by atoms with Gasteiger partial charge in [0.1, 0.15) is 5.82 Å². The highest BCUT2D eigenvalue weighted by Gasteiger charge is 2.32. The van der Waals surface area contributed by atoms with Crippen molar-refractivity contribution in [1.82, 2.24) is 10.2 Å². The Morgan fingerprint density at radius 1 is 1.25 bits per heavy atom. The van der Waals surface area contributed by atoms with Crippen LogP contribution < -0.4 is 5.32 Å². The Hall–Kier alpha value is -1.67. The normalized spacial score (nSPS) is 17.0. The van der Waals surface area contributed by atoms with Crippen molar-refractivity contribution in [2.45, 2.75) is 19.0 Å². The van der Waals surface area contributed by atoms with E-state index in [2.05, 4.69) is 10.2 Å². The number of piperidine rings is 1. The average Bonchev–Trinajstić information content (AvgIpc) is 2.53. The van der Waals surface area contributed by atoms with Gasteiger partial charge < -0.3 is 15.3 Å². The Morgan fingerprint density at radius 3 is 2.50 bits per heavy atom. The monoisotopic (exact) mass is 348 g/mol. The molecule has 134 valence electrons. The largest absolute Gasteiger partial charge is 0.416 e. The molecule has 1 saturated heterocycles. The number of β-amino-alcohol motifs (C(OH)–C–C–N with tert-alkyl or cyclic N) is 1. The maximum Gasteiger partial charge on any atom is 0.416 e. The minimum Gasteiger partial charge on any atom is -0.395 e. The van der Waals surface area contributed by atoms with Crippen molar-refractivity contribution >= 4 is 5.91 Å². The zero-order valence-corrected chi connectivity index (χ0v) is 13.1. The molecule has 1 heterocycles. The second-order valence-electron chi connectivity index (χ2n) is 5.94. The second kappa shape index (κ2) is 7.94. The molecular weight excluding hydrogens is 328 g/mol. The molecule has 0 aromatic heterocycles. The average molecular weight is 348 g/mol. The first-order valence-corrected chi connectivity index (χ1v) is 7.79. The molecule has 1 fully saturated rings. The number of hydrogen-bond donors (Lipinski definition) is 2. The number of carbonyl (C=O) groups is 1. The highest BCUT2D eigenvalue weighted by atomic mass is 19.4.